The maximum absolute atomic E-state index is 13.9. The summed E-state index contributed by atoms with van der Waals surface area (Å²) < 4.78 is 19.2. The molecule has 2 aromatic heterocycles. The van der Waals surface area contributed by atoms with Crippen LogP contribution in [0.2, 0.25) is 0 Å². The fourth-order valence-electron chi connectivity index (χ4n) is 2.53. The highest BCUT2D eigenvalue weighted by Crippen LogP contribution is 2.25. The van der Waals surface area contributed by atoms with E-state index in [0.29, 0.717) is 22.7 Å². The van der Waals surface area contributed by atoms with E-state index in [9.17, 15) is 9.18 Å². The van der Waals surface area contributed by atoms with Gasteiger partial charge in [0.15, 0.2) is 5.82 Å². The Labute approximate surface area is 156 Å². The minimum atomic E-state index is -0.624. The number of carbonyl (C=O) groups excluding carboxylic acids is 1. The van der Waals surface area contributed by atoms with Crippen LogP contribution in [0.1, 0.15) is 32.1 Å². The Morgan fingerprint density at radius 2 is 1.89 bits per heavy atom. The van der Waals surface area contributed by atoms with Crippen LogP contribution in [0.25, 0.3) is 11.1 Å². The predicted molar refractivity (Wildman–Crippen MR) is 102 cm³/mol. The van der Waals surface area contributed by atoms with Crippen LogP contribution in [-0.4, -0.2) is 16.0 Å². The van der Waals surface area contributed by atoms with Crippen molar-refractivity contribution in [1.29, 1.82) is 0 Å². The van der Waals surface area contributed by atoms with Crippen molar-refractivity contribution in [1.82, 2.24) is 10.1 Å². The van der Waals surface area contributed by atoms with Crippen molar-refractivity contribution in [3.63, 3.8) is 0 Å². The highest BCUT2D eigenvalue weighted by atomic mass is 19.1. The van der Waals surface area contributed by atoms with Crippen LogP contribution in [0.3, 0.4) is 0 Å². The fraction of sp³-hybridized carbons (Fsp3) is 0.250. The number of aromatic nitrogens is 2. The number of halogens is 1. The summed E-state index contributed by atoms with van der Waals surface area (Å²) in [5.41, 5.74) is 7.10. The van der Waals surface area contributed by atoms with Gasteiger partial charge in [-0.1, -0.05) is 50.2 Å². The highest BCUT2D eigenvalue weighted by molar-refractivity contribution is 5.91. The van der Waals surface area contributed by atoms with Gasteiger partial charge in [-0.05, 0) is 23.3 Å². The SMILES string of the molecule is CC(C)(C)c1cc(NC(=O)Cc2ccc(-c3ccc(N)nc3F)cc2)no1. The van der Waals surface area contributed by atoms with Crippen molar-refractivity contribution in [3.05, 3.63) is 59.7 Å². The number of pyridine rings is 1. The molecule has 0 aliphatic carbocycles. The van der Waals surface area contributed by atoms with Crippen LogP contribution in [0.5, 0.6) is 0 Å². The zero-order chi connectivity index (χ0) is 19.6. The monoisotopic (exact) mass is 368 g/mol. The van der Waals surface area contributed by atoms with Crippen LogP contribution in [0, 0.1) is 5.95 Å². The van der Waals surface area contributed by atoms with Gasteiger partial charge in [0.1, 0.15) is 11.6 Å². The summed E-state index contributed by atoms with van der Waals surface area (Å²) in [6.45, 7) is 6.00. The number of amides is 1. The number of carbonyl (C=O) groups is 1. The van der Waals surface area contributed by atoms with Gasteiger partial charge in [-0.15, -0.1) is 0 Å². The lowest BCUT2D eigenvalue weighted by Gasteiger charge is -2.12. The van der Waals surface area contributed by atoms with Gasteiger partial charge in [-0.25, -0.2) is 4.98 Å². The van der Waals surface area contributed by atoms with E-state index < -0.39 is 5.95 Å². The quantitative estimate of drug-likeness (QED) is 0.680. The van der Waals surface area contributed by atoms with Gasteiger partial charge in [-0.3, -0.25) is 4.79 Å². The van der Waals surface area contributed by atoms with E-state index in [1.165, 1.54) is 0 Å². The first-order valence-electron chi connectivity index (χ1n) is 8.51. The third-order valence-electron chi connectivity index (χ3n) is 4.02. The molecule has 1 amide bonds. The second-order valence-corrected chi connectivity index (χ2v) is 7.32. The lowest BCUT2D eigenvalue weighted by molar-refractivity contribution is -0.115. The predicted octanol–water partition coefficient (Wildman–Crippen LogP) is 3.94. The average Bonchev–Trinajstić information content (AvgIpc) is 3.04. The summed E-state index contributed by atoms with van der Waals surface area (Å²) in [5, 5.41) is 6.59. The molecule has 1 aromatic carbocycles. The van der Waals surface area contributed by atoms with E-state index in [1.54, 1.807) is 42.5 Å². The van der Waals surface area contributed by atoms with Crippen molar-refractivity contribution in [3.8, 4) is 11.1 Å². The summed E-state index contributed by atoms with van der Waals surface area (Å²) >= 11 is 0. The molecule has 0 aliphatic heterocycles. The Balaban J connectivity index is 1.66. The first-order valence-corrected chi connectivity index (χ1v) is 8.51. The Morgan fingerprint density at radius 1 is 1.19 bits per heavy atom. The number of rotatable bonds is 4. The molecule has 3 aromatic rings. The Morgan fingerprint density at radius 3 is 2.48 bits per heavy atom. The zero-order valence-corrected chi connectivity index (χ0v) is 15.4. The van der Waals surface area contributed by atoms with Gasteiger partial charge in [-0.2, -0.15) is 4.39 Å². The summed E-state index contributed by atoms with van der Waals surface area (Å²) in [7, 11) is 0. The molecule has 6 nitrogen and oxygen atoms in total. The molecule has 27 heavy (non-hydrogen) atoms. The summed E-state index contributed by atoms with van der Waals surface area (Å²) in [6.07, 6.45) is 0.167. The smallest absolute Gasteiger partial charge is 0.230 e. The van der Waals surface area contributed by atoms with Gasteiger partial charge in [0.05, 0.1) is 6.42 Å². The Bertz CT molecular complexity index is 959. The highest BCUT2D eigenvalue weighted by Gasteiger charge is 2.20. The minimum absolute atomic E-state index is 0.131. The first-order chi connectivity index (χ1) is 12.7. The molecular formula is C20H21FN4O2. The van der Waals surface area contributed by atoms with E-state index in [2.05, 4.69) is 15.5 Å². The molecule has 0 radical (unpaired) electrons. The number of nitrogens with zero attached hydrogens (tertiary/aromatic N) is 2. The molecule has 0 unspecified atom stereocenters. The van der Waals surface area contributed by atoms with Crippen molar-refractivity contribution in [2.45, 2.75) is 32.6 Å². The lowest BCUT2D eigenvalue weighted by Crippen LogP contribution is -2.14. The van der Waals surface area contributed by atoms with Crippen molar-refractivity contribution in [2.75, 3.05) is 11.1 Å². The molecule has 0 spiro atoms. The molecule has 0 fully saturated rings. The second-order valence-electron chi connectivity index (χ2n) is 7.32. The van der Waals surface area contributed by atoms with E-state index in [4.69, 9.17) is 10.3 Å². The third-order valence-corrected chi connectivity index (χ3v) is 4.02. The lowest BCUT2D eigenvalue weighted by atomic mass is 9.93. The summed E-state index contributed by atoms with van der Waals surface area (Å²) in [4.78, 5) is 15.8. The molecule has 2 heterocycles. The fourth-order valence-corrected chi connectivity index (χ4v) is 2.53. The van der Waals surface area contributed by atoms with Gasteiger partial charge in [0.2, 0.25) is 11.9 Å². The van der Waals surface area contributed by atoms with E-state index in [0.717, 1.165) is 5.56 Å². The number of nitrogens with two attached hydrogens (primary N) is 1. The number of hydrogen-bond donors (Lipinski definition) is 2. The second kappa shape index (κ2) is 7.19. The average molecular weight is 368 g/mol. The van der Waals surface area contributed by atoms with Crippen molar-refractivity contribution < 1.29 is 13.7 Å². The largest absolute Gasteiger partial charge is 0.384 e. The summed E-state index contributed by atoms with van der Waals surface area (Å²) in [6, 6.07) is 11.9. The van der Waals surface area contributed by atoms with E-state index in [-0.39, 0.29) is 23.6 Å². The number of benzene rings is 1. The first kappa shape index (κ1) is 18.6. The van der Waals surface area contributed by atoms with Crippen molar-refractivity contribution in [2.24, 2.45) is 0 Å². The van der Waals surface area contributed by atoms with Crippen LogP contribution in [-0.2, 0) is 16.6 Å². The topological polar surface area (TPSA) is 94.0 Å². The minimum Gasteiger partial charge on any atom is -0.384 e. The van der Waals surface area contributed by atoms with Crippen LogP contribution >= 0.6 is 0 Å². The molecule has 0 saturated heterocycles. The van der Waals surface area contributed by atoms with Gasteiger partial charge < -0.3 is 15.6 Å². The molecule has 3 rings (SSSR count). The standard InChI is InChI=1S/C20H21FN4O2/c1-20(2,3)15-11-17(25-27-15)24-18(26)10-12-4-6-13(7-5-12)14-8-9-16(22)23-19(14)21/h4-9,11H,10H2,1-3H3,(H2,22,23)(H,24,25,26). The molecule has 3 N–H and O–H groups in total. The Kier molecular flexibility index (Phi) is 4.94. The van der Waals surface area contributed by atoms with Gasteiger partial charge >= 0.3 is 0 Å². The molecule has 0 bridgehead atoms. The third kappa shape index (κ3) is 4.49. The maximum Gasteiger partial charge on any atom is 0.230 e. The molecule has 0 atom stereocenters. The van der Waals surface area contributed by atoms with Gasteiger partial charge in [0.25, 0.3) is 0 Å². The maximum atomic E-state index is 13.9. The Hall–Kier alpha value is -3.22. The zero-order valence-electron chi connectivity index (χ0n) is 15.4. The number of hydrogen-bond acceptors (Lipinski definition) is 5. The van der Waals surface area contributed by atoms with Crippen LogP contribution in [0.4, 0.5) is 16.0 Å². The molecule has 140 valence electrons. The molecular weight excluding hydrogens is 347 g/mol. The van der Waals surface area contributed by atoms with Crippen molar-refractivity contribution >= 4 is 17.5 Å². The van der Waals surface area contributed by atoms with Gasteiger partial charge in [0, 0.05) is 17.0 Å². The summed E-state index contributed by atoms with van der Waals surface area (Å²) in [5.74, 6) is 0.378. The van der Waals surface area contributed by atoms with E-state index in [1.807, 2.05) is 20.8 Å². The number of nitrogen functional groups attached to an aromatic ring is 1. The van der Waals surface area contributed by atoms with Crippen LogP contribution < -0.4 is 11.1 Å². The van der Waals surface area contributed by atoms with Crippen LogP contribution in [0.15, 0.2) is 47.0 Å². The normalized spacial score (nSPS) is 11.4. The number of anilines is 2. The molecule has 0 saturated carbocycles. The molecule has 7 heteroatoms. The number of nitrogens with one attached hydrogen (secondary N) is 1. The molecule has 0 aliphatic rings. The van der Waals surface area contributed by atoms with E-state index >= 15 is 0 Å².